The summed E-state index contributed by atoms with van der Waals surface area (Å²) in [7, 11) is 2.01. The first-order valence-corrected chi connectivity index (χ1v) is 3.73. The third-order valence-corrected chi connectivity index (χ3v) is 1.44. The van der Waals surface area contributed by atoms with Crippen LogP contribution in [0.4, 0.5) is 0 Å². The second kappa shape index (κ2) is 5.65. The summed E-state index contributed by atoms with van der Waals surface area (Å²) < 4.78 is 0. The molecule has 3 N–H and O–H groups in total. The lowest BCUT2D eigenvalue weighted by molar-refractivity contribution is 0.165. The summed E-state index contributed by atoms with van der Waals surface area (Å²) in [5, 5.41) is 8.91. The summed E-state index contributed by atoms with van der Waals surface area (Å²) in [6.07, 6.45) is 0.636. The lowest BCUT2D eigenvalue weighted by atomic mass is 10.3. The summed E-state index contributed by atoms with van der Waals surface area (Å²) in [6, 6.07) is 0. The summed E-state index contributed by atoms with van der Waals surface area (Å²) in [6.45, 7) is 4.33. The minimum Gasteiger partial charge on any atom is -0.393 e. The maximum atomic E-state index is 8.91. The van der Waals surface area contributed by atoms with Crippen molar-refractivity contribution in [2.45, 2.75) is 19.4 Å². The summed E-state index contributed by atoms with van der Waals surface area (Å²) in [5.41, 5.74) is 5.33. The van der Waals surface area contributed by atoms with Crippen molar-refractivity contribution in [1.29, 1.82) is 0 Å². The van der Waals surface area contributed by atoms with Crippen LogP contribution < -0.4 is 5.73 Å². The molecule has 0 aliphatic rings. The molecule has 3 nitrogen and oxygen atoms in total. The minimum atomic E-state index is -0.194. The number of rotatable bonds is 5. The van der Waals surface area contributed by atoms with Gasteiger partial charge in [-0.3, -0.25) is 0 Å². The van der Waals surface area contributed by atoms with Gasteiger partial charge in [0.15, 0.2) is 0 Å². The van der Waals surface area contributed by atoms with Gasteiger partial charge in [-0.15, -0.1) is 0 Å². The highest BCUT2D eigenvalue weighted by molar-refractivity contribution is 4.54. The molecular formula is C7H18N2O. The molecule has 0 aromatic rings. The maximum Gasteiger partial charge on any atom is 0.0524 e. The summed E-state index contributed by atoms with van der Waals surface area (Å²) in [4.78, 5) is 2.12. The van der Waals surface area contributed by atoms with E-state index in [9.17, 15) is 0 Å². The zero-order chi connectivity index (χ0) is 7.98. The topological polar surface area (TPSA) is 49.5 Å². The first-order valence-electron chi connectivity index (χ1n) is 3.73. The van der Waals surface area contributed by atoms with E-state index in [1.165, 1.54) is 0 Å². The van der Waals surface area contributed by atoms with Crippen LogP contribution in [0.2, 0.25) is 0 Å². The van der Waals surface area contributed by atoms with Crippen LogP contribution in [0.25, 0.3) is 0 Å². The van der Waals surface area contributed by atoms with E-state index >= 15 is 0 Å². The van der Waals surface area contributed by atoms with E-state index in [1.54, 1.807) is 6.92 Å². The number of aliphatic hydroxyl groups is 1. The van der Waals surface area contributed by atoms with E-state index in [0.29, 0.717) is 6.54 Å². The Morgan fingerprint density at radius 3 is 2.50 bits per heavy atom. The fourth-order valence-electron chi connectivity index (χ4n) is 0.739. The van der Waals surface area contributed by atoms with Gasteiger partial charge in [-0.1, -0.05) is 0 Å². The number of hydrogen-bond acceptors (Lipinski definition) is 3. The Kier molecular flexibility index (Phi) is 5.58. The highest BCUT2D eigenvalue weighted by atomic mass is 16.3. The van der Waals surface area contributed by atoms with E-state index in [-0.39, 0.29) is 6.10 Å². The number of likely N-dealkylation sites (N-methyl/N-ethyl adjacent to an activating group) is 1. The third kappa shape index (κ3) is 6.01. The Morgan fingerprint density at radius 1 is 1.50 bits per heavy atom. The third-order valence-electron chi connectivity index (χ3n) is 1.44. The predicted octanol–water partition coefficient (Wildman–Crippen LogP) is -0.352. The van der Waals surface area contributed by atoms with Gasteiger partial charge < -0.3 is 15.7 Å². The van der Waals surface area contributed by atoms with Crippen molar-refractivity contribution in [1.82, 2.24) is 4.90 Å². The monoisotopic (exact) mass is 146 g/mol. The van der Waals surface area contributed by atoms with Crippen LogP contribution >= 0.6 is 0 Å². The summed E-state index contributed by atoms with van der Waals surface area (Å²) in [5.74, 6) is 0. The normalized spacial score (nSPS) is 14.1. The Morgan fingerprint density at radius 2 is 2.10 bits per heavy atom. The Bertz CT molecular complexity index is 76.0. The molecule has 1 atom stereocenters. The maximum absolute atomic E-state index is 8.91. The van der Waals surface area contributed by atoms with Crippen LogP contribution in [0.3, 0.4) is 0 Å². The van der Waals surface area contributed by atoms with E-state index in [2.05, 4.69) is 4.90 Å². The number of nitrogens with two attached hydrogens (primary N) is 1. The zero-order valence-corrected chi connectivity index (χ0v) is 6.88. The molecule has 0 aliphatic carbocycles. The molecule has 0 aliphatic heterocycles. The second-order valence-electron chi connectivity index (χ2n) is 2.73. The molecule has 0 saturated heterocycles. The van der Waals surface area contributed by atoms with Crippen molar-refractivity contribution in [3.8, 4) is 0 Å². The molecule has 0 rings (SSSR count). The molecule has 0 spiro atoms. The Labute approximate surface area is 62.8 Å². The van der Waals surface area contributed by atoms with E-state index in [0.717, 1.165) is 19.5 Å². The van der Waals surface area contributed by atoms with Crippen LogP contribution in [-0.2, 0) is 0 Å². The fraction of sp³-hybridized carbons (Fsp3) is 1.00. The molecule has 0 saturated carbocycles. The van der Waals surface area contributed by atoms with Crippen molar-refractivity contribution in [2.24, 2.45) is 5.73 Å². The molecule has 0 aromatic carbocycles. The van der Waals surface area contributed by atoms with Crippen LogP contribution in [0.1, 0.15) is 13.3 Å². The van der Waals surface area contributed by atoms with Crippen molar-refractivity contribution >= 4 is 0 Å². The van der Waals surface area contributed by atoms with Crippen molar-refractivity contribution in [2.75, 3.05) is 26.7 Å². The molecule has 0 heterocycles. The standard InChI is InChI=1S/C7H18N2O/c1-7(10)3-5-9(2)6-4-8/h7,10H,3-6,8H2,1-2H3. The number of aliphatic hydroxyl groups excluding tert-OH is 1. The molecule has 1 unspecified atom stereocenters. The summed E-state index contributed by atoms with van der Waals surface area (Å²) >= 11 is 0. The Hall–Kier alpha value is -0.120. The lowest BCUT2D eigenvalue weighted by Gasteiger charge is -2.15. The molecule has 0 aromatic heterocycles. The van der Waals surface area contributed by atoms with Gasteiger partial charge in [0.2, 0.25) is 0 Å². The molecule has 0 radical (unpaired) electrons. The number of nitrogens with zero attached hydrogens (tertiary/aromatic N) is 1. The molecule has 3 heteroatoms. The quantitative estimate of drug-likeness (QED) is 0.557. The zero-order valence-electron chi connectivity index (χ0n) is 6.88. The highest BCUT2D eigenvalue weighted by Crippen LogP contribution is 1.91. The van der Waals surface area contributed by atoms with Gasteiger partial charge in [-0.25, -0.2) is 0 Å². The van der Waals surface area contributed by atoms with Gasteiger partial charge in [-0.2, -0.15) is 0 Å². The van der Waals surface area contributed by atoms with Crippen LogP contribution in [-0.4, -0.2) is 42.8 Å². The molecule has 62 valence electrons. The van der Waals surface area contributed by atoms with Gasteiger partial charge in [0.05, 0.1) is 6.10 Å². The smallest absolute Gasteiger partial charge is 0.0524 e. The molecule has 10 heavy (non-hydrogen) atoms. The van der Waals surface area contributed by atoms with Crippen molar-refractivity contribution < 1.29 is 5.11 Å². The Balaban J connectivity index is 3.12. The van der Waals surface area contributed by atoms with Crippen LogP contribution in [0.15, 0.2) is 0 Å². The molecule has 0 fully saturated rings. The second-order valence-corrected chi connectivity index (χ2v) is 2.73. The number of hydrogen-bond donors (Lipinski definition) is 2. The van der Waals surface area contributed by atoms with E-state index in [1.807, 2.05) is 7.05 Å². The lowest BCUT2D eigenvalue weighted by Crippen LogP contribution is -2.28. The van der Waals surface area contributed by atoms with Crippen molar-refractivity contribution in [3.05, 3.63) is 0 Å². The fourth-order valence-corrected chi connectivity index (χ4v) is 0.739. The van der Waals surface area contributed by atoms with E-state index in [4.69, 9.17) is 10.8 Å². The van der Waals surface area contributed by atoms with Gasteiger partial charge in [0.25, 0.3) is 0 Å². The minimum absolute atomic E-state index is 0.194. The molecule has 0 bridgehead atoms. The first kappa shape index (κ1) is 9.88. The SMILES string of the molecule is CC(O)CCN(C)CCN. The largest absolute Gasteiger partial charge is 0.393 e. The van der Waals surface area contributed by atoms with Gasteiger partial charge in [0.1, 0.15) is 0 Å². The van der Waals surface area contributed by atoms with Crippen LogP contribution in [0.5, 0.6) is 0 Å². The predicted molar refractivity (Wildman–Crippen MR) is 42.8 cm³/mol. The average molecular weight is 146 g/mol. The average Bonchev–Trinajstić information content (AvgIpc) is 1.85. The van der Waals surface area contributed by atoms with Gasteiger partial charge >= 0.3 is 0 Å². The molecule has 0 amide bonds. The molecular weight excluding hydrogens is 128 g/mol. The van der Waals surface area contributed by atoms with Gasteiger partial charge in [-0.05, 0) is 20.4 Å². The van der Waals surface area contributed by atoms with Crippen LogP contribution in [0, 0.1) is 0 Å². The van der Waals surface area contributed by atoms with Crippen molar-refractivity contribution in [3.63, 3.8) is 0 Å². The van der Waals surface area contributed by atoms with E-state index < -0.39 is 0 Å². The highest BCUT2D eigenvalue weighted by Gasteiger charge is 1.98. The first-order chi connectivity index (χ1) is 4.66. The van der Waals surface area contributed by atoms with Gasteiger partial charge in [0, 0.05) is 19.6 Å².